The van der Waals surface area contributed by atoms with Crippen LogP contribution in [0.15, 0.2) is 65.8 Å². The molecule has 256 valence electrons. The lowest BCUT2D eigenvalue weighted by Gasteiger charge is -2.41. The molecule has 8 nitrogen and oxygen atoms in total. The molecule has 0 radical (unpaired) electrons. The van der Waals surface area contributed by atoms with Gasteiger partial charge in [-0.05, 0) is 93.6 Å². The average molecular weight is 687 g/mol. The lowest BCUT2D eigenvalue weighted by Crippen LogP contribution is -2.45. The summed E-state index contributed by atoms with van der Waals surface area (Å²) >= 11 is 11.3. The normalized spacial score (nSPS) is 14.7. The van der Waals surface area contributed by atoms with E-state index in [4.69, 9.17) is 37.4 Å². The highest BCUT2D eigenvalue weighted by molar-refractivity contribution is 6.42. The zero-order valence-corrected chi connectivity index (χ0v) is 30.1. The second-order valence-electron chi connectivity index (χ2n) is 12.3. The van der Waals surface area contributed by atoms with Crippen LogP contribution >= 0.6 is 23.2 Å². The summed E-state index contributed by atoms with van der Waals surface area (Å²) in [6.45, 7) is 10.8. The Morgan fingerprint density at radius 3 is 2.11 bits per heavy atom. The van der Waals surface area contributed by atoms with Crippen LogP contribution in [-0.4, -0.2) is 76.3 Å². The summed E-state index contributed by atoms with van der Waals surface area (Å²) in [6, 6.07) is 19.3. The van der Waals surface area contributed by atoms with Crippen molar-refractivity contribution >= 4 is 29.1 Å². The summed E-state index contributed by atoms with van der Waals surface area (Å²) in [5.41, 5.74) is 2.71. The van der Waals surface area contributed by atoms with Crippen LogP contribution < -0.4 is 14.2 Å². The van der Waals surface area contributed by atoms with Gasteiger partial charge in [0, 0.05) is 24.1 Å². The predicted molar refractivity (Wildman–Crippen MR) is 192 cm³/mol. The van der Waals surface area contributed by atoms with Gasteiger partial charge in [0.1, 0.15) is 0 Å². The van der Waals surface area contributed by atoms with Gasteiger partial charge < -0.3 is 24.0 Å². The maximum atomic E-state index is 13.5. The molecule has 1 unspecified atom stereocenters. The van der Waals surface area contributed by atoms with Crippen LogP contribution in [-0.2, 0) is 5.41 Å². The quantitative estimate of drug-likeness (QED) is 0.158. The van der Waals surface area contributed by atoms with Crippen molar-refractivity contribution in [2.24, 2.45) is 11.1 Å². The summed E-state index contributed by atoms with van der Waals surface area (Å²) < 4.78 is 16.3. The number of hydrogen-bond donors (Lipinski definition) is 0. The SMILES string of the molecule is CCCN(CC(C)CCN1CCC(CN=O)(c2ccccc2)CC1)C(=O)c1cc(OC)c(OC)c(OC)c1.Cc1ccc(Cl)c(Cl)c1. The van der Waals surface area contributed by atoms with E-state index in [2.05, 4.69) is 36.1 Å². The number of piperidine rings is 1. The molecule has 1 atom stereocenters. The molecule has 0 spiro atoms. The molecule has 0 saturated carbocycles. The minimum Gasteiger partial charge on any atom is -0.493 e. The van der Waals surface area contributed by atoms with E-state index in [1.165, 1.54) is 5.56 Å². The van der Waals surface area contributed by atoms with E-state index in [0.717, 1.165) is 50.9 Å². The molecule has 3 aromatic carbocycles. The van der Waals surface area contributed by atoms with Gasteiger partial charge in [-0.1, -0.05) is 78.6 Å². The smallest absolute Gasteiger partial charge is 0.254 e. The lowest BCUT2D eigenvalue weighted by molar-refractivity contribution is 0.0721. The van der Waals surface area contributed by atoms with Gasteiger partial charge in [-0.2, -0.15) is 4.91 Å². The van der Waals surface area contributed by atoms with E-state index in [9.17, 15) is 9.70 Å². The number of aryl methyl sites for hydroxylation is 1. The van der Waals surface area contributed by atoms with Crippen molar-refractivity contribution < 1.29 is 19.0 Å². The molecular formula is C37H49Cl2N3O5. The number of rotatable bonds is 14. The third kappa shape index (κ3) is 10.6. The molecular weight excluding hydrogens is 637 g/mol. The van der Waals surface area contributed by atoms with Crippen molar-refractivity contribution in [2.75, 3.05) is 60.6 Å². The zero-order chi connectivity index (χ0) is 34.4. The highest BCUT2D eigenvalue weighted by Crippen LogP contribution is 2.39. The summed E-state index contributed by atoms with van der Waals surface area (Å²) in [6.07, 6.45) is 3.73. The number of amides is 1. The molecule has 10 heteroatoms. The highest BCUT2D eigenvalue weighted by atomic mass is 35.5. The van der Waals surface area contributed by atoms with E-state index in [1.807, 2.05) is 42.2 Å². The maximum Gasteiger partial charge on any atom is 0.254 e. The third-order valence-electron chi connectivity index (χ3n) is 8.80. The second kappa shape index (κ2) is 18.9. The summed E-state index contributed by atoms with van der Waals surface area (Å²) in [5, 5.41) is 4.54. The Kier molecular flexibility index (Phi) is 15.3. The van der Waals surface area contributed by atoms with Crippen molar-refractivity contribution in [2.45, 2.75) is 51.9 Å². The molecule has 0 N–H and O–H groups in total. The number of carbonyl (C=O) groups excluding carboxylic acids is 1. The van der Waals surface area contributed by atoms with Crippen molar-refractivity contribution in [1.82, 2.24) is 9.80 Å². The molecule has 0 aliphatic carbocycles. The van der Waals surface area contributed by atoms with Crippen LogP contribution in [0.5, 0.6) is 17.2 Å². The highest BCUT2D eigenvalue weighted by Gasteiger charge is 2.36. The van der Waals surface area contributed by atoms with Crippen molar-refractivity contribution in [3.05, 3.63) is 92.3 Å². The van der Waals surface area contributed by atoms with Crippen LogP contribution in [0.1, 0.15) is 61.0 Å². The number of carbonyl (C=O) groups is 1. The predicted octanol–water partition coefficient (Wildman–Crippen LogP) is 8.69. The van der Waals surface area contributed by atoms with Gasteiger partial charge in [-0.25, -0.2) is 0 Å². The van der Waals surface area contributed by atoms with Gasteiger partial charge in [-0.3, -0.25) is 4.79 Å². The monoisotopic (exact) mass is 685 g/mol. The van der Waals surface area contributed by atoms with Crippen LogP contribution in [0.25, 0.3) is 0 Å². The topological polar surface area (TPSA) is 80.7 Å². The minimum atomic E-state index is -0.157. The van der Waals surface area contributed by atoms with E-state index in [1.54, 1.807) is 39.5 Å². The Morgan fingerprint density at radius 2 is 1.60 bits per heavy atom. The number of methoxy groups -OCH3 is 3. The van der Waals surface area contributed by atoms with Crippen LogP contribution in [0.4, 0.5) is 0 Å². The molecule has 1 amide bonds. The lowest BCUT2D eigenvalue weighted by atomic mass is 9.73. The molecule has 0 aromatic heterocycles. The summed E-state index contributed by atoms with van der Waals surface area (Å²) in [4.78, 5) is 29.2. The molecule has 1 heterocycles. The van der Waals surface area contributed by atoms with E-state index >= 15 is 0 Å². The summed E-state index contributed by atoms with van der Waals surface area (Å²) in [5.74, 6) is 1.72. The van der Waals surface area contributed by atoms with E-state index in [0.29, 0.717) is 58.4 Å². The first kappa shape index (κ1) is 38.1. The molecule has 1 saturated heterocycles. The molecule has 1 fully saturated rings. The Labute approximate surface area is 290 Å². The van der Waals surface area contributed by atoms with Gasteiger partial charge >= 0.3 is 0 Å². The zero-order valence-electron chi connectivity index (χ0n) is 28.6. The molecule has 4 rings (SSSR count). The fraction of sp³-hybridized carbons (Fsp3) is 0.486. The Balaban J connectivity index is 0.000000573. The van der Waals surface area contributed by atoms with E-state index in [-0.39, 0.29) is 11.3 Å². The standard InChI is InChI=1S/C30H43N3O5.C7H6Cl2/c1-6-15-33(29(34)24-19-26(36-3)28(38-5)27(20-24)37-4)21-23(2)12-16-32-17-13-30(14-18-32,22-31-35)25-10-8-7-9-11-25;1-5-2-3-6(8)7(9)4-5/h7-11,19-20,23H,6,12-18,21-22H2,1-5H3;2-4H,1H3. The van der Waals surface area contributed by atoms with Crippen LogP contribution in [0.2, 0.25) is 10.0 Å². The first-order chi connectivity index (χ1) is 22.6. The Morgan fingerprint density at radius 1 is 0.957 bits per heavy atom. The van der Waals surface area contributed by atoms with Crippen LogP contribution in [0.3, 0.4) is 0 Å². The van der Waals surface area contributed by atoms with Gasteiger partial charge in [-0.15, -0.1) is 0 Å². The molecule has 3 aromatic rings. The number of hydrogen-bond acceptors (Lipinski definition) is 7. The fourth-order valence-electron chi connectivity index (χ4n) is 6.06. The first-order valence-corrected chi connectivity index (χ1v) is 16.9. The van der Waals surface area contributed by atoms with E-state index < -0.39 is 0 Å². The number of benzene rings is 3. The number of nitroso groups, excluding NO2 is 1. The molecule has 1 aliphatic rings. The van der Waals surface area contributed by atoms with Gasteiger partial charge in [0.15, 0.2) is 11.5 Å². The number of nitrogens with zero attached hydrogens (tertiary/aromatic N) is 3. The third-order valence-corrected chi connectivity index (χ3v) is 9.54. The van der Waals surface area contributed by atoms with Crippen molar-refractivity contribution in [3.8, 4) is 17.2 Å². The molecule has 0 bridgehead atoms. The molecule has 47 heavy (non-hydrogen) atoms. The second-order valence-corrected chi connectivity index (χ2v) is 13.1. The van der Waals surface area contributed by atoms with Crippen molar-refractivity contribution in [1.29, 1.82) is 0 Å². The Hall–Kier alpha value is -3.33. The average Bonchev–Trinajstić information content (AvgIpc) is 3.09. The fourth-order valence-corrected chi connectivity index (χ4v) is 6.42. The minimum absolute atomic E-state index is 0.0371. The molecule has 1 aliphatic heterocycles. The van der Waals surface area contributed by atoms with Crippen molar-refractivity contribution in [3.63, 3.8) is 0 Å². The number of likely N-dealkylation sites (tertiary alicyclic amines) is 1. The van der Waals surface area contributed by atoms with Crippen LogP contribution in [0, 0.1) is 17.7 Å². The largest absolute Gasteiger partial charge is 0.493 e. The number of ether oxygens (including phenoxy) is 3. The first-order valence-electron chi connectivity index (χ1n) is 16.2. The maximum absolute atomic E-state index is 13.5. The van der Waals surface area contributed by atoms with Gasteiger partial charge in [0.2, 0.25) is 5.75 Å². The number of halogens is 2. The van der Waals surface area contributed by atoms with Gasteiger partial charge in [0.25, 0.3) is 5.91 Å². The Bertz CT molecular complexity index is 1410. The summed E-state index contributed by atoms with van der Waals surface area (Å²) in [7, 11) is 4.66. The van der Waals surface area contributed by atoms with Gasteiger partial charge in [0.05, 0.1) is 37.9 Å².